The zero-order valence-corrected chi connectivity index (χ0v) is 11.3. The maximum absolute atomic E-state index is 12.2. The lowest BCUT2D eigenvalue weighted by Crippen LogP contribution is -2.48. The second-order valence-electron chi connectivity index (χ2n) is 4.83. The van der Waals surface area contributed by atoms with Gasteiger partial charge in [0.25, 0.3) is 0 Å². The number of anilines is 2. The maximum Gasteiger partial charge on any atom is 0.249 e. The Morgan fingerprint density at radius 3 is 2.65 bits per heavy atom. The third-order valence-electron chi connectivity index (χ3n) is 3.27. The van der Waals surface area contributed by atoms with E-state index in [9.17, 15) is 4.79 Å². The lowest BCUT2D eigenvalue weighted by molar-refractivity contribution is -0.120. The molecule has 0 saturated carbocycles. The topological polar surface area (TPSA) is 32.3 Å². The highest BCUT2D eigenvalue weighted by Crippen LogP contribution is 2.38. The monoisotopic (exact) mass is 252 g/mol. The fourth-order valence-electron chi connectivity index (χ4n) is 2.22. The number of benzene rings is 1. The number of hydrogen-bond acceptors (Lipinski definition) is 2. The molecule has 1 unspecified atom stereocenters. The SMILES string of the molecule is Cc1c(Cl)ccc2c1N(C)C(=O)C(C(C)C)N2. The molecule has 1 heterocycles. The van der Waals surface area contributed by atoms with E-state index in [1.54, 1.807) is 11.9 Å². The van der Waals surface area contributed by atoms with Crippen molar-refractivity contribution in [2.75, 3.05) is 17.3 Å². The number of amides is 1. The molecular weight excluding hydrogens is 236 g/mol. The Kier molecular flexibility index (Phi) is 3.04. The molecular formula is C13H17ClN2O. The lowest BCUT2D eigenvalue weighted by atomic mass is 9.98. The molecule has 0 aliphatic carbocycles. The third kappa shape index (κ3) is 1.89. The van der Waals surface area contributed by atoms with Crippen LogP contribution in [0.2, 0.25) is 5.02 Å². The van der Waals surface area contributed by atoms with Gasteiger partial charge in [-0.1, -0.05) is 25.4 Å². The third-order valence-corrected chi connectivity index (χ3v) is 3.68. The number of rotatable bonds is 1. The van der Waals surface area contributed by atoms with Gasteiger partial charge in [-0.15, -0.1) is 0 Å². The Morgan fingerprint density at radius 1 is 1.41 bits per heavy atom. The molecule has 2 rings (SSSR count). The van der Waals surface area contributed by atoms with E-state index in [1.165, 1.54) is 0 Å². The summed E-state index contributed by atoms with van der Waals surface area (Å²) in [6, 6.07) is 3.64. The second kappa shape index (κ2) is 4.22. The predicted octanol–water partition coefficient (Wildman–Crippen LogP) is 3.06. The van der Waals surface area contributed by atoms with E-state index in [0.29, 0.717) is 5.02 Å². The van der Waals surface area contributed by atoms with Crippen LogP contribution in [-0.4, -0.2) is 19.0 Å². The van der Waals surface area contributed by atoms with Gasteiger partial charge in [-0.2, -0.15) is 0 Å². The fourth-order valence-corrected chi connectivity index (χ4v) is 2.38. The number of halogens is 1. The molecule has 0 radical (unpaired) electrons. The fraction of sp³-hybridized carbons (Fsp3) is 0.462. The molecule has 4 heteroatoms. The molecule has 17 heavy (non-hydrogen) atoms. The molecule has 1 aromatic rings. The van der Waals surface area contributed by atoms with Gasteiger partial charge in [0.1, 0.15) is 6.04 Å². The first-order chi connectivity index (χ1) is 7.93. The molecule has 1 amide bonds. The Hall–Kier alpha value is -1.22. The number of carbonyl (C=O) groups is 1. The Morgan fingerprint density at radius 2 is 2.06 bits per heavy atom. The van der Waals surface area contributed by atoms with Gasteiger partial charge in [0.2, 0.25) is 5.91 Å². The van der Waals surface area contributed by atoms with Crippen LogP contribution < -0.4 is 10.2 Å². The highest BCUT2D eigenvalue weighted by Gasteiger charge is 2.33. The molecule has 92 valence electrons. The number of nitrogens with zero attached hydrogens (tertiary/aromatic N) is 1. The number of nitrogens with one attached hydrogen (secondary N) is 1. The van der Waals surface area contributed by atoms with Crippen molar-refractivity contribution in [1.82, 2.24) is 0 Å². The van der Waals surface area contributed by atoms with E-state index >= 15 is 0 Å². The molecule has 1 aliphatic heterocycles. The van der Waals surface area contributed by atoms with Crippen LogP contribution in [0.4, 0.5) is 11.4 Å². The molecule has 0 fully saturated rings. The average Bonchev–Trinajstić information content (AvgIpc) is 2.27. The summed E-state index contributed by atoms with van der Waals surface area (Å²) in [5, 5.41) is 3.98. The highest BCUT2D eigenvalue weighted by molar-refractivity contribution is 6.32. The van der Waals surface area contributed by atoms with Crippen LogP contribution in [0.25, 0.3) is 0 Å². The van der Waals surface area contributed by atoms with Gasteiger partial charge in [-0.05, 0) is 30.5 Å². The van der Waals surface area contributed by atoms with Crippen molar-refractivity contribution in [3.05, 3.63) is 22.7 Å². The molecule has 3 nitrogen and oxygen atoms in total. The van der Waals surface area contributed by atoms with Crippen LogP contribution >= 0.6 is 11.6 Å². The first kappa shape index (κ1) is 12.2. The van der Waals surface area contributed by atoms with E-state index < -0.39 is 0 Å². The molecule has 0 bridgehead atoms. The van der Waals surface area contributed by atoms with Crippen molar-refractivity contribution in [2.45, 2.75) is 26.8 Å². The Labute approximate surface area is 107 Å². The van der Waals surface area contributed by atoms with Gasteiger partial charge >= 0.3 is 0 Å². The Bertz CT molecular complexity index is 471. The van der Waals surface area contributed by atoms with Crippen molar-refractivity contribution < 1.29 is 4.79 Å². The van der Waals surface area contributed by atoms with Gasteiger partial charge < -0.3 is 10.2 Å². The van der Waals surface area contributed by atoms with E-state index in [0.717, 1.165) is 16.9 Å². The molecule has 1 aromatic carbocycles. The minimum absolute atomic E-state index is 0.0952. The van der Waals surface area contributed by atoms with Crippen LogP contribution in [0, 0.1) is 12.8 Å². The van der Waals surface area contributed by atoms with Gasteiger partial charge in [-0.25, -0.2) is 0 Å². The number of carbonyl (C=O) groups excluding carboxylic acids is 1. The minimum Gasteiger partial charge on any atom is -0.372 e. The predicted molar refractivity (Wildman–Crippen MR) is 71.8 cm³/mol. The standard InChI is InChI=1S/C13H17ClN2O/c1-7(2)11-13(17)16(4)12-8(3)9(14)5-6-10(12)15-11/h5-7,11,15H,1-4H3. The zero-order valence-electron chi connectivity index (χ0n) is 10.5. The number of hydrogen-bond donors (Lipinski definition) is 1. The highest BCUT2D eigenvalue weighted by atomic mass is 35.5. The van der Waals surface area contributed by atoms with Gasteiger partial charge in [0.15, 0.2) is 0 Å². The molecule has 0 spiro atoms. The normalized spacial score (nSPS) is 19.3. The summed E-state index contributed by atoms with van der Waals surface area (Å²) in [4.78, 5) is 13.9. The molecule has 0 aromatic heterocycles. The summed E-state index contributed by atoms with van der Waals surface area (Å²) in [5.74, 6) is 0.354. The summed E-state index contributed by atoms with van der Waals surface area (Å²) in [7, 11) is 1.81. The van der Waals surface area contributed by atoms with Crippen LogP contribution in [-0.2, 0) is 4.79 Å². The van der Waals surface area contributed by atoms with E-state index in [-0.39, 0.29) is 17.9 Å². The van der Waals surface area contributed by atoms with Crippen LogP contribution in [0.5, 0.6) is 0 Å². The first-order valence-corrected chi connectivity index (χ1v) is 6.14. The molecule has 1 atom stereocenters. The summed E-state index contributed by atoms with van der Waals surface area (Å²) in [6.07, 6.45) is 0. The van der Waals surface area contributed by atoms with Crippen LogP contribution in [0.3, 0.4) is 0 Å². The molecule has 0 saturated heterocycles. The maximum atomic E-state index is 12.2. The van der Waals surface area contributed by atoms with Crippen molar-refractivity contribution in [2.24, 2.45) is 5.92 Å². The lowest BCUT2D eigenvalue weighted by Gasteiger charge is -2.36. The summed E-state index contributed by atoms with van der Waals surface area (Å²) in [6.45, 7) is 6.01. The molecule has 1 N–H and O–H groups in total. The smallest absolute Gasteiger partial charge is 0.249 e. The van der Waals surface area contributed by atoms with Crippen molar-refractivity contribution in [1.29, 1.82) is 0 Å². The number of fused-ring (bicyclic) bond motifs is 1. The van der Waals surface area contributed by atoms with Crippen molar-refractivity contribution in [3.63, 3.8) is 0 Å². The van der Waals surface area contributed by atoms with Crippen molar-refractivity contribution in [3.8, 4) is 0 Å². The zero-order chi connectivity index (χ0) is 12.7. The van der Waals surface area contributed by atoms with Crippen LogP contribution in [0.15, 0.2) is 12.1 Å². The first-order valence-electron chi connectivity index (χ1n) is 5.76. The van der Waals surface area contributed by atoms with Crippen molar-refractivity contribution >= 4 is 28.9 Å². The quantitative estimate of drug-likeness (QED) is 0.833. The summed E-state index contributed by atoms with van der Waals surface area (Å²) >= 11 is 6.09. The minimum atomic E-state index is -0.159. The molecule has 1 aliphatic rings. The van der Waals surface area contributed by atoms with Crippen LogP contribution in [0.1, 0.15) is 19.4 Å². The number of likely N-dealkylation sites (N-methyl/N-ethyl adjacent to an activating group) is 1. The second-order valence-corrected chi connectivity index (χ2v) is 5.24. The average molecular weight is 253 g/mol. The van der Waals surface area contributed by atoms with E-state index in [4.69, 9.17) is 11.6 Å². The van der Waals surface area contributed by atoms with Gasteiger partial charge in [0, 0.05) is 12.1 Å². The largest absolute Gasteiger partial charge is 0.372 e. The Balaban J connectivity index is 2.53. The van der Waals surface area contributed by atoms with E-state index in [1.807, 2.05) is 32.9 Å². The van der Waals surface area contributed by atoms with E-state index in [2.05, 4.69) is 5.32 Å². The summed E-state index contributed by atoms with van der Waals surface area (Å²) < 4.78 is 0. The summed E-state index contributed by atoms with van der Waals surface area (Å²) in [5.41, 5.74) is 2.81. The van der Waals surface area contributed by atoms with Gasteiger partial charge in [0.05, 0.1) is 11.4 Å². The van der Waals surface area contributed by atoms with Gasteiger partial charge in [-0.3, -0.25) is 4.79 Å².